The van der Waals surface area contributed by atoms with Crippen LogP contribution in [0.2, 0.25) is 0 Å². The molecule has 0 spiro atoms. The first kappa shape index (κ1) is 23.0. The Morgan fingerprint density at radius 2 is 1.85 bits per heavy atom. The number of benzene rings is 2. The summed E-state index contributed by atoms with van der Waals surface area (Å²) >= 11 is 0. The summed E-state index contributed by atoms with van der Waals surface area (Å²) < 4.78 is 15.0. The first-order chi connectivity index (χ1) is 16.6. The third-order valence-electron chi connectivity index (χ3n) is 5.30. The van der Waals surface area contributed by atoms with Crippen molar-refractivity contribution >= 4 is 23.6 Å². The van der Waals surface area contributed by atoms with Crippen molar-refractivity contribution in [3.05, 3.63) is 66.5 Å². The van der Waals surface area contributed by atoms with Gasteiger partial charge in [-0.3, -0.25) is 10.1 Å². The molecule has 34 heavy (non-hydrogen) atoms. The molecule has 1 amide bonds. The average molecular weight is 463 g/mol. The smallest absolute Gasteiger partial charge is 0.496 e. The van der Waals surface area contributed by atoms with Crippen LogP contribution < -0.4 is 20.7 Å². The zero-order valence-corrected chi connectivity index (χ0v) is 18.8. The molecule has 176 valence electrons. The highest BCUT2D eigenvalue weighted by molar-refractivity contribution is 5.94. The van der Waals surface area contributed by atoms with Gasteiger partial charge in [0.15, 0.2) is 6.23 Å². The molecule has 0 aliphatic carbocycles. The van der Waals surface area contributed by atoms with Crippen LogP contribution >= 0.6 is 0 Å². The maximum Gasteiger partial charge on any atom is 0.509 e. The van der Waals surface area contributed by atoms with Crippen LogP contribution in [0.4, 0.5) is 16.3 Å². The maximum absolute atomic E-state index is 12.6. The molecule has 10 nitrogen and oxygen atoms in total. The standard InChI is InChI=1S/C24H25N5O5/c1-32-20-6-4-3-5-18(20)19-12-21(27-14-26-19)28-16-9-7-15(8-10-16)23(30)29-17-11-22(25-13-17)34-24(31)33-2/h3-10,12,14,17,22,25H,11,13H2,1-2H3,(H,29,30)(H,26,27,28)/t17-,22-/m0/s1. The van der Waals surface area contributed by atoms with Crippen molar-refractivity contribution in [3.63, 3.8) is 0 Å². The van der Waals surface area contributed by atoms with Gasteiger partial charge in [0.2, 0.25) is 0 Å². The number of ether oxygens (including phenoxy) is 3. The number of para-hydroxylation sites is 1. The molecule has 0 bridgehead atoms. The minimum atomic E-state index is -0.758. The van der Waals surface area contributed by atoms with E-state index in [-0.39, 0.29) is 11.9 Å². The Hall–Kier alpha value is -4.18. The maximum atomic E-state index is 12.6. The van der Waals surface area contributed by atoms with Crippen molar-refractivity contribution in [2.24, 2.45) is 0 Å². The van der Waals surface area contributed by atoms with E-state index in [0.29, 0.717) is 24.3 Å². The summed E-state index contributed by atoms with van der Waals surface area (Å²) in [6, 6.07) is 16.4. The lowest BCUT2D eigenvalue weighted by atomic mass is 10.1. The summed E-state index contributed by atoms with van der Waals surface area (Å²) in [5.74, 6) is 1.13. The van der Waals surface area contributed by atoms with E-state index in [0.717, 1.165) is 22.7 Å². The van der Waals surface area contributed by atoms with Crippen LogP contribution in [-0.2, 0) is 9.47 Å². The fourth-order valence-electron chi connectivity index (χ4n) is 3.61. The zero-order valence-electron chi connectivity index (χ0n) is 18.8. The molecule has 0 saturated carbocycles. The van der Waals surface area contributed by atoms with E-state index in [1.54, 1.807) is 31.4 Å². The van der Waals surface area contributed by atoms with E-state index in [1.165, 1.54) is 13.4 Å². The van der Waals surface area contributed by atoms with Gasteiger partial charge < -0.3 is 24.8 Å². The molecule has 0 unspecified atom stereocenters. The van der Waals surface area contributed by atoms with Crippen LogP contribution in [0.1, 0.15) is 16.8 Å². The van der Waals surface area contributed by atoms with Crippen LogP contribution in [0.25, 0.3) is 11.3 Å². The first-order valence-corrected chi connectivity index (χ1v) is 10.7. The van der Waals surface area contributed by atoms with E-state index in [1.807, 2.05) is 30.3 Å². The molecule has 2 heterocycles. The van der Waals surface area contributed by atoms with Gasteiger partial charge in [0.05, 0.1) is 19.9 Å². The molecule has 4 rings (SSSR count). The molecule has 1 saturated heterocycles. The number of rotatable bonds is 7. The van der Waals surface area contributed by atoms with Crippen molar-refractivity contribution in [2.45, 2.75) is 18.7 Å². The summed E-state index contributed by atoms with van der Waals surface area (Å²) in [5, 5.41) is 9.18. The number of nitrogens with one attached hydrogen (secondary N) is 3. The Balaban J connectivity index is 1.36. The van der Waals surface area contributed by atoms with Gasteiger partial charge >= 0.3 is 6.16 Å². The van der Waals surface area contributed by atoms with Crippen LogP contribution in [0, 0.1) is 0 Å². The fourth-order valence-corrected chi connectivity index (χ4v) is 3.61. The number of amides is 1. The third-order valence-corrected chi connectivity index (χ3v) is 5.30. The van der Waals surface area contributed by atoms with Crippen LogP contribution in [0.15, 0.2) is 60.9 Å². The Bertz CT molecular complexity index is 1150. The van der Waals surface area contributed by atoms with E-state index < -0.39 is 12.4 Å². The molecule has 2 aromatic carbocycles. The Kier molecular flexibility index (Phi) is 7.19. The average Bonchev–Trinajstić information content (AvgIpc) is 3.30. The molecule has 1 aromatic heterocycles. The lowest BCUT2D eigenvalue weighted by molar-refractivity contribution is 0.0310. The Labute approximate surface area is 196 Å². The number of carbonyl (C=O) groups excluding carboxylic acids is 2. The molecule has 1 aliphatic rings. The van der Waals surface area contributed by atoms with Crippen molar-refractivity contribution in [1.29, 1.82) is 0 Å². The van der Waals surface area contributed by atoms with E-state index in [9.17, 15) is 9.59 Å². The number of anilines is 2. The first-order valence-electron chi connectivity index (χ1n) is 10.7. The summed E-state index contributed by atoms with van der Waals surface area (Å²) in [7, 11) is 2.87. The zero-order chi connectivity index (χ0) is 23.9. The molecule has 1 aliphatic heterocycles. The number of nitrogens with zero attached hydrogens (tertiary/aromatic N) is 2. The van der Waals surface area contributed by atoms with Gasteiger partial charge in [-0.05, 0) is 36.4 Å². The SMILES string of the molecule is COC(=O)O[C@H]1C[C@H](NC(=O)c2ccc(Nc3cc(-c4ccccc4OC)ncn3)cc2)CN1. The normalized spacial score (nSPS) is 17.0. The summed E-state index contributed by atoms with van der Waals surface area (Å²) in [6.07, 6.45) is 0.700. The molecule has 0 radical (unpaired) electrons. The van der Waals surface area contributed by atoms with Gasteiger partial charge in [0.1, 0.15) is 17.9 Å². The highest BCUT2D eigenvalue weighted by Gasteiger charge is 2.28. The lowest BCUT2D eigenvalue weighted by Crippen LogP contribution is -2.36. The van der Waals surface area contributed by atoms with Gasteiger partial charge in [-0.1, -0.05) is 12.1 Å². The minimum Gasteiger partial charge on any atom is -0.496 e. The number of hydrogen-bond acceptors (Lipinski definition) is 9. The van der Waals surface area contributed by atoms with Crippen molar-refractivity contribution < 1.29 is 23.8 Å². The molecular formula is C24H25N5O5. The van der Waals surface area contributed by atoms with E-state index in [4.69, 9.17) is 9.47 Å². The molecule has 10 heteroatoms. The number of carbonyl (C=O) groups is 2. The van der Waals surface area contributed by atoms with E-state index in [2.05, 4.69) is 30.7 Å². The summed E-state index contributed by atoms with van der Waals surface area (Å²) in [5.41, 5.74) is 2.88. The number of aromatic nitrogens is 2. The van der Waals surface area contributed by atoms with Crippen LogP contribution in [0.3, 0.4) is 0 Å². The minimum absolute atomic E-state index is 0.158. The second kappa shape index (κ2) is 10.6. The molecule has 3 N–H and O–H groups in total. The van der Waals surface area contributed by atoms with Gasteiger partial charge in [0, 0.05) is 41.9 Å². The predicted molar refractivity (Wildman–Crippen MR) is 125 cm³/mol. The quantitative estimate of drug-likeness (QED) is 0.454. The highest BCUT2D eigenvalue weighted by Crippen LogP contribution is 2.29. The number of methoxy groups -OCH3 is 2. The Morgan fingerprint density at radius 1 is 1.06 bits per heavy atom. The van der Waals surface area contributed by atoms with E-state index >= 15 is 0 Å². The predicted octanol–water partition coefficient (Wildman–Crippen LogP) is 3.10. The summed E-state index contributed by atoms with van der Waals surface area (Å²) in [6.45, 7) is 0.495. The second-order valence-electron chi connectivity index (χ2n) is 7.57. The topological polar surface area (TPSA) is 124 Å². The van der Waals surface area contributed by atoms with Gasteiger partial charge in [-0.25, -0.2) is 14.8 Å². The van der Waals surface area contributed by atoms with Crippen molar-refractivity contribution in [2.75, 3.05) is 26.1 Å². The van der Waals surface area contributed by atoms with Crippen LogP contribution in [-0.4, -0.2) is 55.1 Å². The monoisotopic (exact) mass is 463 g/mol. The molecular weight excluding hydrogens is 438 g/mol. The third kappa shape index (κ3) is 5.59. The summed E-state index contributed by atoms with van der Waals surface area (Å²) in [4.78, 5) is 32.4. The highest BCUT2D eigenvalue weighted by atomic mass is 16.7. The number of hydrogen-bond donors (Lipinski definition) is 3. The molecule has 3 aromatic rings. The van der Waals surface area contributed by atoms with Gasteiger partial charge in [0.25, 0.3) is 5.91 Å². The van der Waals surface area contributed by atoms with Gasteiger partial charge in [-0.15, -0.1) is 0 Å². The molecule has 2 atom stereocenters. The lowest BCUT2D eigenvalue weighted by Gasteiger charge is -2.13. The van der Waals surface area contributed by atoms with Crippen LogP contribution in [0.5, 0.6) is 5.75 Å². The van der Waals surface area contributed by atoms with Crippen molar-refractivity contribution in [3.8, 4) is 17.0 Å². The Morgan fingerprint density at radius 3 is 2.62 bits per heavy atom. The van der Waals surface area contributed by atoms with Gasteiger partial charge in [-0.2, -0.15) is 0 Å². The van der Waals surface area contributed by atoms with Crippen molar-refractivity contribution in [1.82, 2.24) is 20.6 Å². The fraction of sp³-hybridized carbons (Fsp3) is 0.250. The second-order valence-corrected chi connectivity index (χ2v) is 7.57. The largest absolute Gasteiger partial charge is 0.509 e. The molecule has 1 fully saturated rings.